The van der Waals surface area contributed by atoms with Crippen LogP contribution < -0.4 is 10.6 Å². The molecular formula is C33H31ClFN5O3. The Balaban J connectivity index is 1.43. The predicted octanol–water partition coefficient (Wildman–Crippen LogP) is 7.11. The number of nitrogens with zero attached hydrogens (tertiary/aromatic N) is 3. The number of benzene rings is 3. The van der Waals surface area contributed by atoms with E-state index in [1.165, 1.54) is 24.5 Å². The second-order valence-electron chi connectivity index (χ2n) is 10.1. The van der Waals surface area contributed by atoms with Crippen LogP contribution in [0.2, 0.25) is 5.22 Å². The molecule has 2 aromatic heterocycles. The van der Waals surface area contributed by atoms with Crippen LogP contribution in [-0.4, -0.2) is 48.0 Å². The van der Waals surface area contributed by atoms with Gasteiger partial charge in [0.2, 0.25) is 16.8 Å². The number of amides is 1. The number of halogens is 2. The molecule has 0 aliphatic rings. The Morgan fingerprint density at radius 1 is 1.07 bits per heavy atom. The summed E-state index contributed by atoms with van der Waals surface area (Å²) in [4.78, 5) is 23.3. The van der Waals surface area contributed by atoms with Gasteiger partial charge in [-0.3, -0.25) is 4.79 Å². The third-order valence-corrected chi connectivity index (χ3v) is 6.83. The van der Waals surface area contributed by atoms with Crippen molar-refractivity contribution in [3.63, 3.8) is 0 Å². The van der Waals surface area contributed by atoms with Crippen molar-refractivity contribution in [1.29, 1.82) is 0 Å². The van der Waals surface area contributed by atoms with Crippen LogP contribution in [0, 0.1) is 5.82 Å². The zero-order chi connectivity index (χ0) is 30.2. The number of nitrogens with one attached hydrogen (secondary N) is 2. The SMILES string of the molecule is CN(C)CC=CC(=O)Nc1cccc(-c2c(Cl)oc3ncnc(N[C@H](COCc4cccc(F)c4)c4ccccc4)c23)c1. The van der Waals surface area contributed by atoms with Gasteiger partial charge in [0.05, 0.1) is 30.2 Å². The standard InChI is InChI=1S/C33H31ClFN5O3/c1-40(2)16-8-15-28(41)38-26-14-7-12-24(18-26)29-30-32(36-21-37-33(30)43-31(29)34)39-27(23-10-4-3-5-11-23)20-42-19-22-9-6-13-25(35)17-22/h3-15,17-18,21,27H,16,19-20H2,1-2H3,(H,38,41)(H,36,37,39)/t27-/m1/s1. The van der Waals surface area contributed by atoms with E-state index >= 15 is 0 Å². The van der Waals surface area contributed by atoms with E-state index in [0.717, 1.165) is 16.7 Å². The Morgan fingerprint density at radius 3 is 2.67 bits per heavy atom. The number of carbonyl (C=O) groups excluding carboxylic acids is 1. The highest BCUT2D eigenvalue weighted by Crippen LogP contribution is 2.41. The number of anilines is 2. The molecule has 0 fully saturated rings. The van der Waals surface area contributed by atoms with Crippen molar-refractivity contribution < 1.29 is 18.3 Å². The van der Waals surface area contributed by atoms with Crippen LogP contribution in [0.3, 0.4) is 0 Å². The van der Waals surface area contributed by atoms with Crippen molar-refractivity contribution in [2.45, 2.75) is 12.6 Å². The van der Waals surface area contributed by atoms with E-state index in [2.05, 4.69) is 20.6 Å². The molecule has 8 nitrogen and oxygen atoms in total. The molecule has 0 saturated carbocycles. The predicted molar refractivity (Wildman–Crippen MR) is 167 cm³/mol. The molecule has 5 aromatic rings. The van der Waals surface area contributed by atoms with Crippen molar-refractivity contribution in [2.75, 3.05) is 37.9 Å². The van der Waals surface area contributed by atoms with E-state index in [-0.39, 0.29) is 36.2 Å². The van der Waals surface area contributed by atoms with Gasteiger partial charge in [0, 0.05) is 18.3 Å². The summed E-state index contributed by atoms with van der Waals surface area (Å²) in [6, 6.07) is 23.2. The number of likely N-dealkylation sites (N-methyl/N-ethyl adjacent to an activating group) is 1. The Hall–Kier alpha value is -4.57. The molecule has 1 amide bonds. The monoisotopic (exact) mass is 599 g/mol. The number of hydrogen-bond acceptors (Lipinski definition) is 7. The minimum absolute atomic E-state index is 0.145. The lowest BCUT2D eigenvalue weighted by Crippen LogP contribution is -2.18. The first kappa shape index (κ1) is 29.9. The lowest BCUT2D eigenvalue weighted by atomic mass is 10.0. The zero-order valence-corrected chi connectivity index (χ0v) is 24.5. The molecule has 0 unspecified atom stereocenters. The van der Waals surface area contributed by atoms with E-state index in [0.29, 0.717) is 34.7 Å². The van der Waals surface area contributed by atoms with Crippen molar-refractivity contribution in [3.05, 3.63) is 120 Å². The van der Waals surface area contributed by atoms with E-state index < -0.39 is 0 Å². The molecule has 0 spiro atoms. The normalized spacial score (nSPS) is 12.2. The number of fused-ring (bicyclic) bond motifs is 1. The fraction of sp³-hybridized carbons (Fsp3) is 0.182. The Labute approximate surface area is 254 Å². The number of hydrogen-bond donors (Lipinski definition) is 2. The van der Waals surface area contributed by atoms with Gasteiger partial charge in [-0.15, -0.1) is 0 Å². The molecule has 0 radical (unpaired) electrons. The molecule has 0 aliphatic heterocycles. The highest BCUT2D eigenvalue weighted by Gasteiger charge is 2.22. The Morgan fingerprint density at radius 2 is 1.88 bits per heavy atom. The summed E-state index contributed by atoms with van der Waals surface area (Å²) in [7, 11) is 3.86. The first-order valence-corrected chi connectivity index (χ1v) is 14.0. The lowest BCUT2D eigenvalue weighted by molar-refractivity contribution is -0.111. The van der Waals surface area contributed by atoms with Crippen LogP contribution in [0.5, 0.6) is 0 Å². The fourth-order valence-corrected chi connectivity index (χ4v) is 4.85. The summed E-state index contributed by atoms with van der Waals surface area (Å²) in [6.45, 7) is 1.17. The van der Waals surface area contributed by atoms with Crippen molar-refractivity contribution in [2.24, 2.45) is 0 Å². The third kappa shape index (κ3) is 7.84. The van der Waals surface area contributed by atoms with Gasteiger partial charge in [0.25, 0.3) is 0 Å². The van der Waals surface area contributed by atoms with Crippen LogP contribution in [0.1, 0.15) is 17.2 Å². The topological polar surface area (TPSA) is 92.5 Å². The summed E-state index contributed by atoms with van der Waals surface area (Å²) in [5.74, 6) is -0.0484. The summed E-state index contributed by atoms with van der Waals surface area (Å²) < 4.78 is 25.5. The summed E-state index contributed by atoms with van der Waals surface area (Å²) in [6.07, 6.45) is 4.70. The van der Waals surface area contributed by atoms with Gasteiger partial charge in [-0.25, -0.2) is 14.4 Å². The molecule has 2 heterocycles. The second kappa shape index (κ2) is 14.1. The quantitative estimate of drug-likeness (QED) is 0.148. The summed E-state index contributed by atoms with van der Waals surface area (Å²) >= 11 is 6.63. The molecule has 1 atom stereocenters. The number of aromatic nitrogens is 2. The molecule has 2 N–H and O–H groups in total. The number of furan rings is 1. The molecule has 0 bridgehead atoms. The minimum atomic E-state index is -0.311. The molecular weight excluding hydrogens is 569 g/mol. The molecule has 0 aliphatic carbocycles. The average Bonchev–Trinajstić information content (AvgIpc) is 3.33. The van der Waals surface area contributed by atoms with Gasteiger partial charge in [-0.1, -0.05) is 60.7 Å². The maximum atomic E-state index is 13.7. The van der Waals surface area contributed by atoms with E-state index in [1.807, 2.05) is 73.6 Å². The van der Waals surface area contributed by atoms with Crippen molar-refractivity contribution in [3.8, 4) is 11.1 Å². The highest BCUT2D eigenvalue weighted by atomic mass is 35.5. The minimum Gasteiger partial charge on any atom is -0.425 e. The van der Waals surface area contributed by atoms with Crippen LogP contribution in [-0.2, 0) is 16.1 Å². The second-order valence-corrected chi connectivity index (χ2v) is 10.5. The van der Waals surface area contributed by atoms with E-state index in [4.69, 9.17) is 20.8 Å². The molecule has 0 saturated heterocycles. The van der Waals surface area contributed by atoms with Gasteiger partial charge < -0.3 is 24.7 Å². The van der Waals surface area contributed by atoms with Gasteiger partial charge in [-0.05, 0) is 66.7 Å². The van der Waals surface area contributed by atoms with Crippen molar-refractivity contribution >= 4 is 40.1 Å². The largest absolute Gasteiger partial charge is 0.425 e. The maximum Gasteiger partial charge on any atom is 0.248 e. The molecule has 5 rings (SSSR count). The van der Waals surface area contributed by atoms with Gasteiger partial charge in [-0.2, -0.15) is 0 Å². The fourth-order valence-electron chi connectivity index (χ4n) is 4.57. The summed E-state index contributed by atoms with van der Waals surface area (Å²) in [5.41, 5.74) is 3.92. The lowest BCUT2D eigenvalue weighted by Gasteiger charge is -2.20. The first-order valence-electron chi connectivity index (χ1n) is 13.7. The average molecular weight is 600 g/mol. The van der Waals surface area contributed by atoms with Crippen LogP contribution in [0.4, 0.5) is 15.9 Å². The van der Waals surface area contributed by atoms with Crippen LogP contribution >= 0.6 is 11.6 Å². The maximum absolute atomic E-state index is 13.7. The summed E-state index contributed by atoms with van der Waals surface area (Å²) in [5, 5.41) is 7.11. The van der Waals surface area contributed by atoms with Crippen LogP contribution in [0.15, 0.2) is 102 Å². The van der Waals surface area contributed by atoms with E-state index in [1.54, 1.807) is 18.2 Å². The molecule has 3 aromatic carbocycles. The number of carbonyl (C=O) groups is 1. The van der Waals surface area contributed by atoms with Gasteiger partial charge in [0.15, 0.2) is 0 Å². The zero-order valence-electron chi connectivity index (χ0n) is 23.8. The molecule has 10 heteroatoms. The van der Waals surface area contributed by atoms with Crippen molar-refractivity contribution in [1.82, 2.24) is 14.9 Å². The highest BCUT2D eigenvalue weighted by molar-refractivity contribution is 6.34. The van der Waals surface area contributed by atoms with Crippen LogP contribution in [0.25, 0.3) is 22.2 Å². The Bertz CT molecular complexity index is 1720. The number of ether oxygens (including phenoxy) is 1. The third-order valence-electron chi connectivity index (χ3n) is 6.56. The van der Waals surface area contributed by atoms with Gasteiger partial charge in [0.1, 0.15) is 18.0 Å². The van der Waals surface area contributed by atoms with Gasteiger partial charge >= 0.3 is 0 Å². The van der Waals surface area contributed by atoms with E-state index in [9.17, 15) is 9.18 Å². The molecule has 220 valence electrons. The number of rotatable bonds is 12. The first-order chi connectivity index (χ1) is 20.9. The smallest absolute Gasteiger partial charge is 0.248 e. The molecule has 43 heavy (non-hydrogen) atoms. The Kier molecular flexibility index (Phi) is 9.78.